The molecule has 14 aromatic rings. The molecule has 0 aliphatic heterocycles. The van der Waals surface area contributed by atoms with E-state index in [0.717, 1.165) is 5.69 Å². The second-order valence-corrected chi connectivity index (χ2v) is 18.7. The number of aromatic nitrogens is 1. The van der Waals surface area contributed by atoms with Gasteiger partial charge in [-0.15, -0.1) is 0 Å². The van der Waals surface area contributed by atoms with Gasteiger partial charge in [0, 0.05) is 16.5 Å². The maximum atomic E-state index is 2.48. The number of fused-ring (bicyclic) bond motifs is 3. The van der Waals surface area contributed by atoms with Crippen molar-refractivity contribution in [1.29, 1.82) is 0 Å². The second kappa shape index (κ2) is 16.7. The van der Waals surface area contributed by atoms with Crippen LogP contribution in [0.4, 0.5) is 0 Å². The Bertz CT molecular complexity index is 4140. The second-order valence-electron chi connectivity index (χ2n) is 18.7. The van der Waals surface area contributed by atoms with Crippen molar-refractivity contribution in [2.45, 2.75) is 0 Å². The Morgan fingerprint density at radius 2 is 0.479 bits per heavy atom. The van der Waals surface area contributed by atoms with Crippen LogP contribution >= 0.6 is 0 Å². The molecule has 13 aromatic carbocycles. The number of rotatable bonds is 8. The van der Waals surface area contributed by atoms with Crippen molar-refractivity contribution >= 4 is 54.1 Å². The molecule has 1 nitrogen and oxygen atoms in total. The van der Waals surface area contributed by atoms with Crippen molar-refractivity contribution in [1.82, 2.24) is 4.57 Å². The smallest absolute Gasteiger partial charge is 0.0541 e. The number of nitrogens with zero attached hydrogens (tertiary/aromatic N) is 1. The predicted octanol–water partition coefficient (Wildman–Crippen LogP) is 19.4. The highest BCUT2D eigenvalue weighted by Crippen LogP contribution is 2.51. The standard InChI is InChI=1S/C70H45N/c1-4-20-46(21-5-1)51-26-10-13-29-54(51)64-44-63(49-36-38-50(39-37-49)71-67-34-18-16-32-57(67)58-33-17-19-35-68(58)71)59-40-41-61-65(55-30-14-11-27-52(55)47-22-6-2-7-23-47)45-66(62-43-42-60(64)69(59)70(61)62)56-31-15-12-28-53(56)48-24-8-3-9-25-48/h1-45H. The van der Waals surface area contributed by atoms with E-state index >= 15 is 0 Å². The van der Waals surface area contributed by atoms with Gasteiger partial charge in [0.2, 0.25) is 0 Å². The summed E-state index contributed by atoms with van der Waals surface area (Å²) in [6.45, 7) is 0. The molecule has 0 unspecified atom stereocenters. The zero-order valence-corrected chi connectivity index (χ0v) is 38.9. The summed E-state index contributed by atoms with van der Waals surface area (Å²) in [6.07, 6.45) is 0. The first-order valence-electron chi connectivity index (χ1n) is 24.6. The molecule has 0 aliphatic carbocycles. The minimum atomic E-state index is 1.14. The van der Waals surface area contributed by atoms with Crippen molar-refractivity contribution in [2.24, 2.45) is 0 Å². The molecule has 71 heavy (non-hydrogen) atoms. The Hall–Kier alpha value is -9.30. The van der Waals surface area contributed by atoms with E-state index in [0.29, 0.717) is 0 Å². The van der Waals surface area contributed by atoms with Crippen LogP contribution in [0.2, 0.25) is 0 Å². The maximum absolute atomic E-state index is 2.48. The molecule has 0 aliphatic rings. The van der Waals surface area contributed by atoms with Crippen LogP contribution in [0, 0.1) is 0 Å². The quantitative estimate of drug-likeness (QED) is 0.134. The van der Waals surface area contributed by atoms with Gasteiger partial charge in [0.15, 0.2) is 0 Å². The molecule has 0 saturated heterocycles. The SMILES string of the molecule is c1ccc(-c2ccccc2-c2cc(-c3ccc(-n4c5ccccc5c5ccccc54)cc3)c3ccc4c(-c5ccccc5-c5ccccc5)cc(-c5ccccc5-c5ccccc5)c5ccc2c3c45)cc1. The number of benzene rings is 13. The van der Waals surface area contributed by atoms with E-state index in [1.54, 1.807) is 0 Å². The van der Waals surface area contributed by atoms with Gasteiger partial charge in [-0.05, 0) is 147 Å². The topological polar surface area (TPSA) is 4.93 Å². The molecule has 1 heteroatoms. The number of hydrogen-bond acceptors (Lipinski definition) is 0. The molecule has 0 saturated carbocycles. The zero-order valence-electron chi connectivity index (χ0n) is 38.9. The van der Waals surface area contributed by atoms with Gasteiger partial charge in [-0.1, -0.05) is 237 Å². The lowest BCUT2D eigenvalue weighted by Crippen LogP contribution is -1.97. The maximum Gasteiger partial charge on any atom is 0.0541 e. The molecule has 1 heterocycles. The van der Waals surface area contributed by atoms with Crippen LogP contribution in [0.3, 0.4) is 0 Å². The Balaban J connectivity index is 1.09. The van der Waals surface area contributed by atoms with Gasteiger partial charge in [-0.2, -0.15) is 0 Å². The van der Waals surface area contributed by atoms with Gasteiger partial charge >= 0.3 is 0 Å². The fourth-order valence-electron chi connectivity index (χ4n) is 11.7. The van der Waals surface area contributed by atoms with E-state index in [9.17, 15) is 0 Å². The van der Waals surface area contributed by atoms with Gasteiger partial charge in [0.1, 0.15) is 0 Å². The highest BCUT2D eigenvalue weighted by atomic mass is 15.0. The Morgan fingerprint density at radius 3 is 0.873 bits per heavy atom. The van der Waals surface area contributed by atoms with Gasteiger partial charge in [-0.3, -0.25) is 0 Å². The van der Waals surface area contributed by atoms with Crippen LogP contribution in [0.5, 0.6) is 0 Å². The van der Waals surface area contributed by atoms with Crippen molar-refractivity contribution in [2.75, 3.05) is 0 Å². The largest absolute Gasteiger partial charge is 0.309 e. The first kappa shape index (κ1) is 40.7. The molecule has 0 atom stereocenters. The molecule has 14 rings (SSSR count). The zero-order chi connectivity index (χ0) is 46.8. The number of hydrogen-bond donors (Lipinski definition) is 0. The lowest BCUT2D eigenvalue weighted by atomic mass is 9.80. The van der Waals surface area contributed by atoms with E-state index in [1.807, 2.05) is 0 Å². The molecule has 0 amide bonds. The highest BCUT2D eigenvalue weighted by molar-refractivity contribution is 6.32. The van der Waals surface area contributed by atoms with Crippen LogP contribution in [0.15, 0.2) is 273 Å². The fraction of sp³-hybridized carbons (Fsp3) is 0. The minimum Gasteiger partial charge on any atom is -0.309 e. The first-order chi connectivity index (χ1) is 35.3. The van der Waals surface area contributed by atoms with Gasteiger partial charge < -0.3 is 4.57 Å². The summed E-state index contributed by atoms with van der Waals surface area (Å²) in [6, 6.07) is 101. The third kappa shape index (κ3) is 6.62. The predicted molar refractivity (Wildman–Crippen MR) is 303 cm³/mol. The summed E-state index contributed by atoms with van der Waals surface area (Å²) in [5.74, 6) is 0. The van der Waals surface area contributed by atoms with E-state index in [-0.39, 0.29) is 0 Å². The first-order valence-corrected chi connectivity index (χ1v) is 24.6. The molecule has 0 N–H and O–H groups in total. The van der Waals surface area contributed by atoms with Crippen LogP contribution in [-0.4, -0.2) is 4.57 Å². The molecule has 0 bridgehead atoms. The summed E-state index contributed by atoms with van der Waals surface area (Å²) < 4.78 is 2.41. The van der Waals surface area contributed by atoms with Crippen molar-refractivity contribution in [3.8, 4) is 83.6 Å². The highest BCUT2D eigenvalue weighted by Gasteiger charge is 2.24. The van der Waals surface area contributed by atoms with Gasteiger partial charge in [0.25, 0.3) is 0 Å². The van der Waals surface area contributed by atoms with Crippen LogP contribution in [0.25, 0.3) is 138 Å². The Labute approximate surface area is 413 Å². The third-order valence-corrected chi connectivity index (χ3v) is 14.8. The van der Waals surface area contributed by atoms with E-state index in [4.69, 9.17) is 0 Å². The molecule has 0 radical (unpaired) electrons. The Morgan fingerprint density at radius 1 is 0.183 bits per heavy atom. The number of para-hydroxylation sites is 2. The monoisotopic (exact) mass is 899 g/mol. The average molecular weight is 900 g/mol. The van der Waals surface area contributed by atoms with Crippen LogP contribution in [0.1, 0.15) is 0 Å². The van der Waals surface area contributed by atoms with Crippen LogP contribution < -0.4 is 0 Å². The van der Waals surface area contributed by atoms with Crippen LogP contribution in [-0.2, 0) is 0 Å². The molecule has 0 spiro atoms. The Kier molecular flexibility index (Phi) is 9.60. The van der Waals surface area contributed by atoms with E-state index in [1.165, 1.54) is 132 Å². The normalized spacial score (nSPS) is 11.7. The third-order valence-electron chi connectivity index (χ3n) is 14.8. The average Bonchev–Trinajstić information content (AvgIpc) is 3.79. The molecular weight excluding hydrogens is 855 g/mol. The van der Waals surface area contributed by atoms with E-state index in [2.05, 4.69) is 278 Å². The summed E-state index contributed by atoms with van der Waals surface area (Å²) in [7, 11) is 0. The summed E-state index contributed by atoms with van der Waals surface area (Å²) in [5, 5.41) is 10.0. The summed E-state index contributed by atoms with van der Waals surface area (Å²) >= 11 is 0. The lowest BCUT2D eigenvalue weighted by molar-refractivity contribution is 1.18. The van der Waals surface area contributed by atoms with Crippen molar-refractivity contribution < 1.29 is 0 Å². The summed E-state index contributed by atoms with van der Waals surface area (Å²) in [4.78, 5) is 0. The fourth-order valence-corrected chi connectivity index (χ4v) is 11.7. The summed E-state index contributed by atoms with van der Waals surface area (Å²) in [5.41, 5.74) is 20.5. The van der Waals surface area contributed by atoms with Gasteiger partial charge in [0.05, 0.1) is 11.0 Å². The van der Waals surface area contributed by atoms with Crippen molar-refractivity contribution in [3.05, 3.63) is 273 Å². The molecule has 330 valence electrons. The minimum absolute atomic E-state index is 1.14. The van der Waals surface area contributed by atoms with E-state index < -0.39 is 0 Å². The van der Waals surface area contributed by atoms with Gasteiger partial charge in [-0.25, -0.2) is 0 Å². The molecular formula is C70H45N. The lowest BCUT2D eigenvalue weighted by Gasteiger charge is -2.23. The molecule has 0 fully saturated rings. The van der Waals surface area contributed by atoms with Crippen molar-refractivity contribution in [3.63, 3.8) is 0 Å². The molecule has 1 aromatic heterocycles.